The van der Waals surface area contributed by atoms with Crippen molar-refractivity contribution >= 4 is 36.5 Å². The Labute approximate surface area is 150 Å². The number of nitrogens with two attached hydrogens (primary N) is 1. The molecule has 132 valence electrons. The van der Waals surface area contributed by atoms with E-state index in [1.54, 1.807) is 0 Å². The number of benzene rings is 1. The van der Waals surface area contributed by atoms with Crippen molar-refractivity contribution in [1.29, 1.82) is 0 Å². The van der Waals surface area contributed by atoms with Crippen molar-refractivity contribution in [1.82, 2.24) is 15.1 Å². The van der Waals surface area contributed by atoms with Crippen LogP contribution in [0.1, 0.15) is 5.56 Å². The molecule has 1 heterocycles. The maximum atomic E-state index is 11.9. The van der Waals surface area contributed by atoms with Crippen molar-refractivity contribution in [2.45, 2.75) is 12.6 Å². The third-order valence-corrected chi connectivity index (χ3v) is 3.93. The molecular formula is C15H27Cl2N5O. The average molecular weight is 364 g/mol. The average Bonchev–Trinajstić information content (AvgIpc) is 2.49. The van der Waals surface area contributed by atoms with Crippen LogP contribution in [0, 0.1) is 0 Å². The number of likely N-dealkylation sites (N-methyl/N-ethyl adjacent to an activating group) is 2. The van der Waals surface area contributed by atoms with Crippen LogP contribution in [0.25, 0.3) is 0 Å². The number of carbonyl (C=O) groups is 1. The minimum absolute atomic E-state index is 0. The van der Waals surface area contributed by atoms with Gasteiger partial charge in [-0.05, 0) is 31.8 Å². The largest absolute Gasteiger partial charge is 0.336 e. The fourth-order valence-electron chi connectivity index (χ4n) is 2.43. The molecule has 1 unspecified atom stereocenters. The van der Waals surface area contributed by atoms with Gasteiger partial charge in [-0.1, -0.05) is 12.1 Å². The minimum Gasteiger partial charge on any atom is -0.336 e. The maximum Gasteiger partial charge on any atom is 0.319 e. The zero-order chi connectivity index (χ0) is 15.2. The van der Waals surface area contributed by atoms with Crippen molar-refractivity contribution in [2.75, 3.05) is 45.6 Å². The highest BCUT2D eigenvalue weighted by Crippen LogP contribution is 2.09. The van der Waals surface area contributed by atoms with Crippen LogP contribution in [-0.2, 0) is 6.54 Å². The minimum atomic E-state index is -0.169. The molecular weight excluding hydrogens is 337 g/mol. The summed E-state index contributed by atoms with van der Waals surface area (Å²) in [6.45, 7) is 4.24. The monoisotopic (exact) mass is 363 g/mol. The summed E-state index contributed by atoms with van der Waals surface area (Å²) in [5, 5.41) is 5.77. The molecule has 0 radical (unpaired) electrons. The van der Waals surface area contributed by atoms with E-state index < -0.39 is 0 Å². The van der Waals surface area contributed by atoms with E-state index in [-0.39, 0.29) is 30.8 Å². The van der Waals surface area contributed by atoms with Gasteiger partial charge in [0.2, 0.25) is 0 Å². The van der Waals surface area contributed by atoms with Crippen molar-refractivity contribution in [2.24, 2.45) is 5.73 Å². The summed E-state index contributed by atoms with van der Waals surface area (Å²) in [4.78, 5) is 16.5. The SMILES string of the molecule is CN1CCN(C)C(CNC(=O)Nc2ccc(CN)cc2)C1.Cl.Cl. The van der Waals surface area contributed by atoms with Gasteiger partial charge in [0.15, 0.2) is 0 Å². The number of nitrogens with one attached hydrogen (secondary N) is 2. The highest BCUT2D eigenvalue weighted by Gasteiger charge is 2.22. The number of rotatable bonds is 4. The summed E-state index contributed by atoms with van der Waals surface area (Å²) in [5.41, 5.74) is 7.37. The predicted molar refractivity (Wildman–Crippen MR) is 99.8 cm³/mol. The van der Waals surface area contributed by atoms with Crippen LogP contribution < -0.4 is 16.4 Å². The molecule has 8 heteroatoms. The van der Waals surface area contributed by atoms with Gasteiger partial charge in [0.05, 0.1) is 0 Å². The molecule has 1 aromatic carbocycles. The zero-order valence-corrected chi connectivity index (χ0v) is 15.3. The van der Waals surface area contributed by atoms with Gasteiger partial charge in [-0.3, -0.25) is 4.90 Å². The number of nitrogens with zero attached hydrogens (tertiary/aromatic N) is 2. The van der Waals surface area contributed by atoms with E-state index in [9.17, 15) is 4.79 Å². The first kappa shape index (κ1) is 21.9. The molecule has 1 aliphatic heterocycles. The zero-order valence-electron chi connectivity index (χ0n) is 13.6. The van der Waals surface area contributed by atoms with Crippen molar-refractivity contribution in [3.8, 4) is 0 Å². The molecule has 6 nitrogen and oxygen atoms in total. The quantitative estimate of drug-likeness (QED) is 0.754. The first-order chi connectivity index (χ1) is 10.1. The van der Waals surface area contributed by atoms with Crippen LogP contribution in [0.4, 0.5) is 10.5 Å². The fourth-order valence-corrected chi connectivity index (χ4v) is 2.43. The van der Waals surface area contributed by atoms with Crippen molar-refractivity contribution < 1.29 is 4.79 Å². The Kier molecular flexibility index (Phi) is 10.2. The molecule has 4 N–H and O–H groups in total. The second kappa shape index (κ2) is 10.7. The molecule has 1 saturated heterocycles. The Morgan fingerprint density at radius 1 is 1.22 bits per heavy atom. The number of anilines is 1. The van der Waals surface area contributed by atoms with Gasteiger partial charge in [0.1, 0.15) is 0 Å². The van der Waals surface area contributed by atoms with Crippen LogP contribution in [0.15, 0.2) is 24.3 Å². The molecule has 2 rings (SSSR count). The summed E-state index contributed by atoms with van der Waals surface area (Å²) in [6.07, 6.45) is 0. The van der Waals surface area contributed by atoms with E-state index >= 15 is 0 Å². The Morgan fingerprint density at radius 3 is 2.48 bits per heavy atom. The number of hydrogen-bond donors (Lipinski definition) is 3. The number of hydrogen-bond acceptors (Lipinski definition) is 4. The van der Waals surface area contributed by atoms with Gasteiger partial charge in [0.25, 0.3) is 0 Å². The molecule has 0 saturated carbocycles. The lowest BCUT2D eigenvalue weighted by molar-refractivity contribution is 0.115. The lowest BCUT2D eigenvalue weighted by Gasteiger charge is -2.37. The Balaban J connectivity index is 0.00000242. The topological polar surface area (TPSA) is 73.6 Å². The summed E-state index contributed by atoms with van der Waals surface area (Å²) >= 11 is 0. The van der Waals surface area contributed by atoms with E-state index in [0.717, 1.165) is 30.9 Å². The van der Waals surface area contributed by atoms with Crippen LogP contribution >= 0.6 is 24.8 Å². The van der Waals surface area contributed by atoms with Gasteiger partial charge in [-0.25, -0.2) is 4.79 Å². The fraction of sp³-hybridized carbons (Fsp3) is 0.533. The summed E-state index contributed by atoms with van der Waals surface area (Å²) < 4.78 is 0. The Morgan fingerprint density at radius 2 is 1.87 bits per heavy atom. The number of carbonyl (C=O) groups excluding carboxylic acids is 1. The molecule has 1 atom stereocenters. The van der Waals surface area contributed by atoms with Gasteiger partial charge >= 0.3 is 6.03 Å². The van der Waals surface area contributed by atoms with Crippen molar-refractivity contribution in [3.63, 3.8) is 0 Å². The molecule has 1 aromatic rings. The smallest absolute Gasteiger partial charge is 0.319 e. The maximum absolute atomic E-state index is 11.9. The van der Waals surface area contributed by atoms with Crippen molar-refractivity contribution in [3.05, 3.63) is 29.8 Å². The number of urea groups is 1. The molecule has 0 bridgehead atoms. The van der Waals surface area contributed by atoms with E-state index in [2.05, 4.69) is 34.5 Å². The molecule has 23 heavy (non-hydrogen) atoms. The van der Waals surface area contributed by atoms with Crippen LogP contribution in [0.3, 0.4) is 0 Å². The van der Waals surface area contributed by atoms with E-state index in [1.807, 2.05) is 24.3 Å². The Bertz CT molecular complexity index is 471. The summed E-state index contributed by atoms with van der Waals surface area (Å²) in [5.74, 6) is 0. The summed E-state index contributed by atoms with van der Waals surface area (Å²) in [7, 11) is 4.21. The first-order valence-electron chi connectivity index (χ1n) is 7.31. The number of halogens is 2. The molecule has 0 spiro atoms. The third kappa shape index (κ3) is 6.93. The normalized spacial score (nSPS) is 18.5. The number of piperazine rings is 1. The third-order valence-electron chi connectivity index (χ3n) is 3.93. The van der Waals surface area contributed by atoms with Crippen LogP contribution in [-0.4, -0.2) is 62.1 Å². The van der Waals surface area contributed by atoms with Gasteiger partial charge in [0, 0.05) is 44.5 Å². The first-order valence-corrected chi connectivity index (χ1v) is 7.31. The Hall–Kier alpha value is -1.05. The molecule has 1 fully saturated rings. The van der Waals surface area contributed by atoms with E-state index in [4.69, 9.17) is 5.73 Å². The van der Waals surface area contributed by atoms with Gasteiger partial charge in [-0.15, -0.1) is 24.8 Å². The molecule has 0 aliphatic carbocycles. The second-order valence-corrected chi connectivity index (χ2v) is 5.63. The molecule has 2 amide bonds. The molecule has 0 aromatic heterocycles. The number of amides is 2. The summed E-state index contributed by atoms with van der Waals surface area (Å²) in [6, 6.07) is 7.75. The van der Waals surface area contributed by atoms with Gasteiger partial charge in [-0.2, -0.15) is 0 Å². The lowest BCUT2D eigenvalue weighted by Crippen LogP contribution is -2.54. The van der Waals surface area contributed by atoms with Crippen LogP contribution in [0.5, 0.6) is 0 Å². The highest BCUT2D eigenvalue weighted by molar-refractivity contribution is 5.89. The second-order valence-electron chi connectivity index (χ2n) is 5.63. The van der Waals surface area contributed by atoms with Gasteiger partial charge < -0.3 is 21.3 Å². The lowest BCUT2D eigenvalue weighted by atomic mass is 10.2. The standard InChI is InChI=1S/C15H25N5O.2ClH/c1-19-7-8-20(2)14(11-19)10-17-15(21)18-13-5-3-12(9-16)4-6-13;;/h3-6,14H,7-11,16H2,1-2H3,(H2,17,18,21);2*1H. The highest BCUT2D eigenvalue weighted by atomic mass is 35.5. The molecule has 1 aliphatic rings. The van der Waals surface area contributed by atoms with Crippen LogP contribution in [0.2, 0.25) is 0 Å². The predicted octanol–water partition coefficient (Wildman–Crippen LogP) is 1.36. The van der Waals surface area contributed by atoms with E-state index in [1.165, 1.54) is 0 Å². The van der Waals surface area contributed by atoms with E-state index in [0.29, 0.717) is 19.1 Å².